The van der Waals surface area contributed by atoms with Crippen LogP contribution < -0.4 is 5.65 Å². The summed E-state index contributed by atoms with van der Waals surface area (Å²) in [6.07, 6.45) is 0. The second kappa shape index (κ2) is 3.77. The van der Waals surface area contributed by atoms with E-state index in [4.69, 9.17) is 0 Å². The summed E-state index contributed by atoms with van der Waals surface area (Å²) in [4.78, 5) is 10.8. The van der Waals surface area contributed by atoms with Crippen molar-refractivity contribution in [2.45, 2.75) is 0 Å². The Labute approximate surface area is 67.4 Å². The molecule has 12 heavy (non-hydrogen) atoms. The number of nitrogens with one attached hydrogen (secondary N) is 1. The van der Waals surface area contributed by atoms with Gasteiger partial charge < -0.3 is 0 Å². The number of nitrogens with zero attached hydrogens (tertiary/aromatic N) is 1. The Hall–Kier alpha value is -1.49. The quantitative estimate of drug-likeness (QED) is 0.540. The van der Waals surface area contributed by atoms with Crippen LogP contribution in [0, 0.1) is 0 Å². The second-order valence-corrected chi connectivity index (χ2v) is 2.04. The molecule has 0 spiro atoms. The standard InChI is InChI=1S/C7H6F2N2O/c8-10-11(9)7(12)6-4-2-1-3-5-6/h1-5,10H. The zero-order valence-corrected chi connectivity index (χ0v) is 6.00. The normalized spacial score (nSPS) is 9.50. The van der Waals surface area contributed by atoms with E-state index in [1.807, 2.05) is 0 Å². The van der Waals surface area contributed by atoms with E-state index in [9.17, 15) is 13.8 Å². The number of carbonyl (C=O) groups excluding carboxylic acids is 1. The highest BCUT2D eigenvalue weighted by molar-refractivity contribution is 5.92. The maximum atomic E-state index is 12.2. The van der Waals surface area contributed by atoms with Crippen LogP contribution in [0.4, 0.5) is 8.96 Å². The molecule has 0 aliphatic heterocycles. The smallest absolute Gasteiger partial charge is 0.265 e. The van der Waals surface area contributed by atoms with Crippen LogP contribution >= 0.6 is 0 Å². The fourth-order valence-electron chi connectivity index (χ4n) is 0.732. The summed E-state index contributed by atoms with van der Waals surface area (Å²) in [5, 5.41) is -0.727. The van der Waals surface area contributed by atoms with Crippen molar-refractivity contribution < 1.29 is 13.8 Å². The highest BCUT2D eigenvalue weighted by atomic mass is 19.2. The van der Waals surface area contributed by atoms with Crippen LogP contribution in [0.25, 0.3) is 0 Å². The van der Waals surface area contributed by atoms with Crippen LogP contribution in [0.15, 0.2) is 30.3 Å². The zero-order chi connectivity index (χ0) is 8.97. The number of rotatable bonds is 2. The molecular weight excluding hydrogens is 166 g/mol. The molecule has 0 saturated carbocycles. The van der Waals surface area contributed by atoms with E-state index < -0.39 is 11.1 Å². The summed E-state index contributed by atoms with van der Waals surface area (Å²) in [5.41, 5.74) is 0.655. The first-order chi connectivity index (χ1) is 5.75. The van der Waals surface area contributed by atoms with Gasteiger partial charge in [-0.3, -0.25) is 4.79 Å². The minimum absolute atomic E-state index is 0.0742. The largest absolute Gasteiger partial charge is 0.299 e. The summed E-state index contributed by atoms with van der Waals surface area (Å²) in [6, 6.07) is 7.54. The molecule has 0 bridgehead atoms. The number of hydrazine groups is 1. The highest BCUT2D eigenvalue weighted by Gasteiger charge is 2.13. The fraction of sp³-hybridized carbons (Fsp3) is 0. The van der Waals surface area contributed by atoms with E-state index in [0.29, 0.717) is 5.65 Å². The lowest BCUT2D eigenvalue weighted by Crippen LogP contribution is -2.30. The van der Waals surface area contributed by atoms with Crippen molar-refractivity contribution in [1.29, 1.82) is 0 Å². The molecule has 1 aromatic carbocycles. The monoisotopic (exact) mass is 172 g/mol. The van der Waals surface area contributed by atoms with Gasteiger partial charge in [0, 0.05) is 5.56 Å². The predicted molar refractivity (Wildman–Crippen MR) is 38.0 cm³/mol. The number of carbonyl (C=O) groups is 1. The Morgan fingerprint density at radius 3 is 2.42 bits per heavy atom. The van der Waals surface area contributed by atoms with Gasteiger partial charge in [-0.1, -0.05) is 27.9 Å². The Morgan fingerprint density at radius 2 is 1.92 bits per heavy atom. The summed E-state index contributed by atoms with van der Waals surface area (Å²) in [6.45, 7) is 0. The third-order valence-electron chi connectivity index (χ3n) is 1.27. The maximum absolute atomic E-state index is 12.2. The van der Waals surface area contributed by atoms with Crippen molar-refractivity contribution >= 4 is 5.91 Å². The van der Waals surface area contributed by atoms with Crippen LogP contribution in [-0.2, 0) is 0 Å². The Bertz CT molecular complexity index is 265. The van der Waals surface area contributed by atoms with Gasteiger partial charge in [0.25, 0.3) is 5.91 Å². The third-order valence-corrected chi connectivity index (χ3v) is 1.27. The number of hydrogen-bond donors (Lipinski definition) is 1. The lowest BCUT2D eigenvalue weighted by molar-refractivity contribution is -0.0651. The van der Waals surface area contributed by atoms with Crippen LogP contribution in [0.1, 0.15) is 10.4 Å². The number of halogens is 2. The number of hydrogen-bond acceptors (Lipinski definition) is 2. The lowest BCUT2D eigenvalue weighted by Gasteiger charge is -2.05. The van der Waals surface area contributed by atoms with E-state index in [1.54, 1.807) is 18.2 Å². The predicted octanol–water partition coefficient (Wildman–Crippen LogP) is 1.40. The molecule has 0 aliphatic rings. The van der Waals surface area contributed by atoms with Crippen LogP contribution in [-0.4, -0.2) is 11.1 Å². The molecule has 0 aliphatic carbocycles. The van der Waals surface area contributed by atoms with Crippen LogP contribution in [0.2, 0.25) is 0 Å². The van der Waals surface area contributed by atoms with E-state index in [2.05, 4.69) is 0 Å². The van der Waals surface area contributed by atoms with Crippen molar-refractivity contribution in [1.82, 2.24) is 10.9 Å². The average Bonchev–Trinajstić information content (AvgIpc) is 2.17. The Kier molecular flexibility index (Phi) is 2.71. The first kappa shape index (κ1) is 8.61. The van der Waals surface area contributed by atoms with Gasteiger partial charge in [0.2, 0.25) is 0 Å². The van der Waals surface area contributed by atoms with Crippen molar-refractivity contribution in [3.05, 3.63) is 35.9 Å². The summed E-state index contributed by atoms with van der Waals surface area (Å²) >= 11 is 0. The Balaban J connectivity index is 2.79. The molecule has 1 aromatic rings. The molecule has 0 aromatic heterocycles. The molecule has 0 radical (unpaired) electrons. The number of amides is 1. The zero-order valence-electron chi connectivity index (χ0n) is 6.00. The third kappa shape index (κ3) is 1.76. The van der Waals surface area contributed by atoms with Gasteiger partial charge in [-0.25, -0.2) is 0 Å². The van der Waals surface area contributed by atoms with Crippen molar-refractivity contribution in [2.24, 2.45) is 0 Å². The number of benzene rings is 1. The first-order valence-electron chi connectivity index (χ1n) is 3.17. The van der Waals surface area contributed by atoms with Gasteiger partial charge in [0.15, 0.2) is 0 Å². The van der Waals surface area contributed by atoms with Gasteiger partial charge in [0.05, 0.1) is 0 Å². The van der Waals surface area contributed by atoms with Gasteiger partial charge in [-0.15, -0.1) is 4.48 Å². The maximum Gasteiger partial charge on any atom is 0.299 e. The lowest BCUT2D eigenvalue weighted by atomic mass is 10.2. The van der Waals surface area contributed by atoms with E-state index in [1.165, 1.54) is 12.1 Å². The van der Waals surface area contributed by atoms with E-state index >= 15 is 0 Å². The molecule has 0 saturated heterocycles. The van der Waals surface area contributed by atoms with E-state index in [-0.39, 0.29) is 5.56 Å². The molecule has 64 valence electrons. The minimum atomic E-state index is -1.07. The Morgan fingerprint density at radius 1 is 1.33 bits per heavy atom. The molecular formula is C7H6F2N2O. The van der Waals surface area contributed by atoms with Gasteiger partial charge in [0.1, 0.15) is 0 Å². The first-order valence-corrected chi connectivity index (χ1v) is 3.17. The van der Waals surface area contributed by atoms with Crippen LogP contribution in [0.5, 0.6) is 0 Å². The summed E-state index contributed by atoms with van der Waals surface area (Å²) in [7, 11) is 0. The van der Waals surface area contributed by atoms with E-state index in [0.717, 1.165) is 0 Å². The van der Waals surface area contributed by atoms with Crippen LogP contribution in [0.3, 0.4) is 0 Å². The fourth-order valence-corrected chi connectivity index (χ4v) is 0.732. The molecule has 1 rings (SSSR count). The molecule has 1 amide bonds. The molecule has 1 N–H and O–H groups in total. The molecule has 5 heteroatoms. The van der Waals surface area contributed by atoms with Crippen molar-refractivity contribution in [3.63, 3.8) is 0 Å². The highest BCUT2D eigenvalue weighted by Crippen LogP contribution is 2.02. The van der Waals surface area contributed by atoms with Crippen molar-refractivity contribution in [2.75, 3.05) is 0 Å². The second-order valence-electron chi connectivity index (χ2n) is 2.04. The summed E-state index contributed by atoms with van der Waals surface area (Å²) in [5.74, 6) is -1.07. The topological polar surface area (TPSA) is 32.3 Å². The molecule has 0 atom stereocenters. The average molecular weight is 172 g/mol. The summed E-state index contributed by atoms with van der Waals surface area (Å²) < 4.78 is 23.6. The molecule has 0 fully saturated rings. The minimum Gasteiger partial charge on any atom is -0.265 e. The SMILES string of the molecule is O=C(c1ccccc1)N(F)NF. The molecule has 0 heterocycles. The molecule has 0 unspecified atom stereocenters. The van der Waals surface area contributed by atoms with Crippen molar-refractivity contribution in [3.8, 4) is 0 Å². The van der Waals surface area contributed by atoms with Gasteiger partial charge >= 0.3 is 0 Å². The van der Waals surface area contributed by atoms with Gasteiger partial charge in [-0.05, 0) is 17.8 Å². The van der Waals surface area contributed by atoms with Gasteiger partial charge in [-0.2, -0.15) is 0 Å². The molecule has 3 nitrogen and oxygen atoms in total.